The van der Waals surface area contributed by atoms with Crippen molar-refractivity contribution in [3.63, 3.8) is 0 Å². The van der Waals surface area contributed by atoms with Gasteiger partial charge in [0.1, 0.15) is 6.61 Å². The first-order valence-electron chi connectivity index (χ1n) is 10.0. The van der Waals surface area contributed by atoms with E-state index < -0.39 is 0 Å². The summed E-state index contributed by atoms with van der Waals surface area (Å²) in [6.07, 6.45) is 3.90. The van der Waals surface area contributed by atoms with E-state index in [1.807, 2.05) is 30.3 Å². The molecule has 1 heterocycles. The maximum absolute atomic E-state index is 10.7. The van der Waals surface area contributed by atoms with Gasteiger partial charge in [-0.25, -0.2) is 4.79 Å². The molecule has 0 aliphatic carbocycles. The maximum atomic E-state index is 10.7. The maximum Gasteiger partial charge on any atom is 0.407 e. The molecule has 0 spiro atoms. The summed E-state index contributed by atoms with van der Waals surface area (Å²) in [4.78, 5) is 13.1. The number of thiol groups is 1. The largest absolute Gasteiger partial charge is 0.447 e. The van der Waals surface area contributed by atoms with Crippen LogP contribution >= 0.6 is 12.6 Å². The molecule has 0 radical (unpaired) electrons. The summed E-state index contributed by atoms with van der Waals surface area (Å²) in [5.41, 5.74) is 1.22. The molecule has 2 N–H and O–H groups in total. The Labute approximate surface area is 169 Å². The van der Waals surface area contributed by atoms with E-state index in [-0.39, 0.29) is 12.1 Å². The molecule has 5 nitrogen and oxygen atoms in total. The van der Waals surface area contributed by atoms with E-state index >= 15 is 0 Å². The fourth-order valence-electron chi connectivity index (χ4n) is 3.09. The van der Waals surface area contributed by atoms with Gasteiger partial charge in [-0.15, -0.1) is 0 Å². The number of alkyl carbamates (subject to hydrolysis) is 1. The summed E-state index contributed by atoms with van der Waals surface area (Å²) in [5, 5.41) is 11.8. The molecule has 1 amide bonds. The molecule has 1 saturated heterocycles. The van der Waals surface area contributed by atoms with Crippen molar-refractivity contribution in [2.75, 3.05) is 38.6 Å². The highest BCUT2D eigenvalue weighted by atomic mass is 32.1. The van der Waals surface area contributed by atoms with Crippen LogP contribution in [0.15, 0.2) is 30.3 Å². The van der Waals surface area contributed by atoms with E-state index in [9.17, 15) is 4.79 Å². The van der Waals surface area contributed by atoms with Gasteiger partial charge in [0.25, 0.3) is 0 Å². The summed E-state index contributed by atoms with van der Waals surface area (Å²) in [6, 6.07) is 10.2. The van der Waals surface area contributed by atoms with Crippen LogP contribution in [0.25, 0.3) is 0 Å². The molecule has 1 aliphatic rings. The Balaban J connectivity index is 0.000000270. The quantitative estimate of drug-likeness (QED) is 0.502. The standard InChI is InChI=1S/C11H25NOS.C10H11NO2/c1-3-12(4-2)8-5-6-11(10-13)7-9-14;12-10-11-9(7-13-10)6-8-4-2-1-3-5-8/h11,13-14H,3-10H2,1-2H3;1-5,9H,6-7H2,(H,11,12)/t11-;9-/m01/s1. The molecule has 27 heavy (non-hydrogen) atoms. The predicted molar refractivity (Wildman–Crippen MR) is 114 cm³/mol. The van der Waals surface area contributed by atoms with Crippen molar-refractivity contribution in [1.82, 2.24) is 10.2 Å². The average Bonchev–Trinajstić information content (AvgIpc) is 3.10. The minimum Gasteiger partial charge on any atom is -0.447 e. The Hall–Kier alpha value is -1.24. The summed E-state index contributed by atoms with van der Waals surface area (Å²) in [6.45, 7) is 8.61. The molecule has 1 aromatic rings. The smallest absolute Gasteiger partial charge is 0.407 e. The Bertz CT molecular complexity index is 497. The van der Waals surface area contributed by atoms with E-state index in [4.69, 9.17) is 9.84 Å². The normalized spacial score (nSPS) is 17.1. The van der Waals surface area contributed by atoms with Crippen molar-refractivity contribution < 1.29 is 14.6 Å². The van der Waals surface area contributed by atoms with Gasteiger partial charge in [-0.1, -0.05) is 44.2 Å². The number of hydrogen-bond donors (Lipinski definition) is 3. The Kier molecular flexibility index (Phi) is 13.0. The minimum atomic E-state index is -0.305. The van der Waals surface area contributed by atoms with E-state index in [1.165, 1.54) is 12.0 Å². The summed E-state index contributed by atoms with van der Waals surface area (Å²) >= 11 is 4.19. The number of amides is 1. The lowest BCUT2D eigenvalue weighted by Crippen LogP contribution is -2.28. The number of nitrogens with one attached hydrogen (secondary N) is 1. The fraction of sp³-hybridized carbons (Fsp3) is 0.667. The number of carbonyl (C=O) groups is 1. The lowest BCUT2D eigenvalue weighted by molar-refractivity contribution is 0.177. The number of ether oxygens (including phenoxy) is 1. The van der Waals surface area contributed by atoms with Crippen LogP contribution in [0.4, 0.5) is 4.79 Å². The fourth-order valence-corrected chi connectivity index (χ4v) is 3.45. The molecule has 0 aromatic heterocycles. The van der Waals surface area contributed by atoms with E-state index in [2.05, 4.69) is 36.7 Å². The zero-order chi connectivity index (χ0) is 19.9. The Morgan fingerprint density at radius 2 is 1.96 bits per heavy atom. The van der Waals surface area contributed by atoms with Crippen molar-refractivity contribution in [3.8, 4) is 0 Å². The van der Waals surface area contributed by atoms with Crippen LogP contribution in [0.2, 0.25) is 0 Å². The van der Waals surface area contributed by atoms with Gasteiger partial charge in [0.05, 0.1) is 6.04 Å². The number of benzene rings is 1. The number of aliphatic hydroxyl groups excluding tert-OH is 1. The molecule has 6 heteroatoms. The van der Waals surface area contributed by atoms with Gasteiger partial charge in [-0.3, -0.25) is 0 Å². The number of hydrogen-bond acceptors (Lipinski definition) is 5. The number of cyclic esters (lactones) is 1. The van der Waals surface area contributed by atoms with Crippen LogP contribution in [-0.4, -0.2) is 60.7 Å². The lowest BCUT2D eigenvalue weighted by Gasteiger charge is -2.19. The lowest BCUT2D eigenvalue weighted by atomic mass is 10.0. The highest BCUT2D eigenvalue weighted by Crippen LogP contribution is 2.11. The number of nitrogens with zero attached hydrogens (tertiary/aromatic N) is 1. The Morgan fingerprint density at radius 3 is 2.48 bits per heavy atom. The molecule has 1 fully saturated rings. The molecule has 1 aromatic carbocycles. The van der Waals surface area contributed by atoms with Crippen LogP contribution in [0.1, 0.15) is 38.7 Å². The first-order chi connectivity index (χ1) is 13.1. The SMILES string of the molecule is CCN(CC)CCC[C@H](CO)CCS.O=C1N[C@H](Cc2ccccc2)CO1. The average molecular weight is 397 g/mol. The number of aliphatic hydroxyl groups is 1. The molecule has 1 aliphatic heterocycles. The second kappa shape index (κ2) is 14.8. The van der Waals surface area contributed by atoms with Gasteiger partial charge in [-0.05, 0) is 62.6 Å². The minimum absolute atomic E-state index is 0.134. The van der Waals surface area contributed by atoms with Crippen molar-refractivity contribution in [2.45, 2.75) is 45.6 Å². The summed E-state index contributed by atoms with van der Waals surface area (Å²) in [5.74, 6) is 1.35. The third-order valence-electron chi connectivity index (χ3n) is 4.84. The van der Waals surface area contributed by atoms with Crippen LogP contribution in [0.5, 0.6) is 0 Å². The van der Waals surface area contributed by atoms with Crippen LogP contribution in [0.3, 0.4) is 0 Å². The van der Waals surface area contributed by atoms with Gasteiger partial charge in [0.15, 0.2) is 0 Å². The first-order valence-corrected chi connectivity index (χ1v) is 10.7. The van der Waals surface area contributed by atoms with E-state index in [1.54, 1.807) is 0 Å². The highest BCUT2D eigenvalue weighted by Gasteiger charge is 2.21. The van der Waals surface area contributed by atoms with Crippen LogP contribution in [0, 0.1) is 5.92 Å². The predicted octanol–water partition coefficient (Wildman–Crippen LogP) is 3.37. The number of carbonyl (C=O) groups excluding carboxylic acids is 1. The molecule has 0 unspecified atom stereocenters. The summed E-state index contributed by atoms with van der Waals surface area (Å²) < 4.78 is 4.79. The third kappa shape index (κ3) is 10.6. The van der Waals surface area contributed by atoms with E-state index in [0.29, 0.717) is 19.1 Å². The highest BCUT2D eigenvalue weighted by molar-refractivity contribution is 7.80. The molecule has 154 valence electrons. The third-order valence-corrected chi connectivity index (χ3v) is 5.10. The van der Waals surface area contributed by atoms with Crippen LogP contribution < -0.4 is 5.32 Å². The van der Waals surface area contributed by atoms with Crippen LogP contribution in [-0.2, 0) is 11.2 Å². The molecule has 0 saturated carbocycles. The van der Waals surface area contributed by atoms with Gasteiger partial charge in [0.2, 0.25) is 0 Å². The van der Waals surface area contributed by atoms with Gasteiger partial charge < -0.3 is 20.1 Å². The zero-order valence-corrected chi connectivity index (χ0v) is 17.7. The zero-order valence-electron chi connectivity index (χ0n) is 16.8. The monoisotopic (exact) mass is 396 g/mol. The van der Waals surface area contributed by atoms with Crippen molar-refractivity contribution >= 4 is 18.7 Å². The molecular weight excluding hydrogens is 360 g/mol. The molecule has 2 rings (SSSR count). The molecule has 2 atom stereocenters. The Morgan fingerprint density at radius 1 is 1.26 bits per heavy atom. The van der Waals surface area contributed by atoms with Gasteiger partial charge in [-0.2, -0.15) is 12.6 Å². The van der Waals surface area contributed by atoms with Gasteiger partial charge >= 0.3 is 6.09 Å². The second-order valence-electron chi connectivity index (χ2n) is 6.86. The van der Waals surface area contributed by atoms with E-state index in [0.717, 1.165) is 44.6 Å². The van der Waals surface area contributed by atoms with Crippen molar-refractivity contribution in [2.24, 2.45) is 5.92 Å². The first kappa shape index (κ1) is 23.8. The van der Waals surface area contributed by atoms with Crippen molar-refractivity contribution in [1.29, 1.82) is 0 Å². The second-order valence-corrected chi connectivity index (χ2v) is 7.31. The topological polar surface area (TPSA) is 61.8 Å². The number of rotatable bonds is 11. The molecular formula is C21H36N2O3S. The molecule has 0 bridgehead atoms. The van der Waals surface area contributed by atoms with Crippen molar-refractivity contribution in [3.05, 3.63) is 35.9 Å². The summed E-state index contributed by atoms with van der Waals surface area (Å²) in [7, 11) is 0. The van der Waals surface area contributed by atoms with Gasteiger partial charge in [0, 0.05) is 6.61 Å².